The van der Waals surface area contributed by atoms with Gasteiger partial charge in [0.15, 0.2) is 0 Å². The Morgan fingerprint density at radius 1 is 1.35 bits per heavy atom. The summed E-state index contributed by atoms with van der Waals surface area (Å²) in [7, 11) is 0. The Balaban J connectivity index is 2.38. The monoisotopic (exact) mass is 315 g/mol. The van der Waals surface area contributed by atoms with Crippen molar-refractivity contribution in [1.29, 1.82) is 0 Å². The molecule has 1 unspecified atom stereocenters. The number of halogens is 1. The number of rotatable bonds is 8. The Hall–Kier alpha value is 0.01000. The first-order valence-electron chi connectivity index (χ1n) is 6.25. The quantitative estimate of drug-likeness (QED) is 0.702. The predicted octanol–water partition coefficient (Wildman–Crippen LogP) is 4.63. The van der Waals surface area contributed by atoms with Gasteiger partial charge in [0, 0.05) is 10.5 Å². The molecule has 17 heavy (non-hydrogen) atoms. The molecule has 1 rings (SSSR count). The Bertz CT molecular complexity index is 317. The Kier molecular flexibility index (Phi) is 7.99. The first-order chi connectivity index (χ1) is 8.27. The highest BCUT2D eigenvalue weighted by Crippen LogP contribution is 2.20. The smallest absolute Gasteiger partial charge is 0.0318 e. The molecule has 0 aliphatic carbocycles. The van der Waals surface area contributed by atoms with Crippen LogP contribution in [-0.4, -0.2) is 18.6 Å². The van der Waals surface area contributed by atoms with E-state index >= 15 is 0 Å². The van der Waals surface area contributed by atoms with Crippen molar-refractivity contribution in [2.75, 3.05) is 18.6 Å². The molecule has 1 aromatic rings. The average Bonchev–Trinajstić information content (AvgIpc) is 2.34. The van der Waals surface area contributed by atoms with E-state index < -0.39 is 0 Å². The largest absolute Gasteiger partial charge is 0.310 e. The van der Waals surface area contributed by atoms with Gasteiger partial charge in [0.1, 0.15) is 0 Å². The lowest BCUT2D eigenvalue weighted by atomic mass is 10.0. The molecule has 0 fully saturated rings. The van der Waals surface area contributed by atoms with Crippen molar-refractivity contribution >= 4 is 27.7 Å². The van der Waals surface area contributed by atoms with Crippen molar-refractivity contribution in [1.82, 2.24) is 5.32 Å². The minimum atomic E-state index is 0.488. The standard InChI is InChI=1S/C14H22BrNS/c1-3-14(16-9-4-5-10-17-2)12-7-6-8-13(15)11-12/h6-8,11,14,16H,3-5,9-10H2,1-2H3. The van der Waals surface area contributed by atoms with E-state index in [2.05, 4.69) is 58.7 Å². The third kappa shape index (κ3) is 5.94. The highest BCUT2D eigenvalue weighted by molar-refractivity contribution is 9.10. The van der Waals surface area contributed by atoms with Gasteiger partial charge in [-0.3, -0.25) is 0 Å². The van der Waals surface area contributed by atoms with Crippen LogP contribution in [0.4, 0.5) is 0 Å². The molecule has 96 valence electrons. The van der Waals surface area contributed by atoms with Gasteiger partial charge in [-0.2, -0.15) is 11.8 Å². The van der Waals surface area contributed by atoms with Gasteiger partial charge in [0.25, 0.3) is 0 Å². The van der Waals surface area contributed by atoms with Crippen molar-refractivity contribution in [2.45, 2.75) is 32.2 Å². The second-order valence-electron chi connectivity index (χ2n) is 4.17. The summed E-state index contributed by atoms with van der Waals surface area (Å²) in [5.41, 5.74) is 1.38. The lowest BCUT2D eigenvalue weighted by Gasteiger charge is -2.17. The minimum Gasteiger partial charge on any atom is -0.310 e. The van der Waals surface area contributed by atoms with Crippen LogP contribution in [0, 0.1) is 0 Å². The van der Waals surface area contributed by atoms with Gasteiger partial charge in [-0.05, 0) is 55.5 Å². The Labute approximate surface area is 118 Å². The van der Waals surface area contributed by atoms with Crippen LogP contribution < -0.4 is 5.32 Å². The van der Waals surface area contributed by atoms with Crippen molar-refractivity contribution in [3.8, 4) is 0 Å². The molecule has 0 aromatic heterocycles. The average molecular weight is 316 g/mol. The minimum absolute atomic E-state index is 0.488. The number of nitrogens with one attached hydrogen (secondary N) is 1. The van der Waals surface area contributed by atoms with Crippen LogP contribution in [0.3, 0.4) is 0 Å². The first kappa shape index (κ1) is 15.1. The van der Waals surface area contributed by atoms with E-state index in [0.717, 1.165) is 17.4 Å². The highest BCUT2D eigenvalue weighted by Gasteiger charge is 2.07. The maximum atomic E-state index is 3.64. The van der Waals surface area contributed by atoms with Crippen molar-refractivity contribution in [3.63, 3.8) is 0 Å². The van der Waals surface area contributed by atoms with E-state index in [9.17, 15) is 0 Å². The summed E-state index contributed by atoms with van der Waals surface area (Å²) >= 11 is 5.46. The molecule has 1 atom stereocenters. The molecular formula is C14H22BrNS. The van der Waals surface area contributed by atoms with Crippen molar-refractivity contribution < 1.29 is 0 Å². The molecular weight excluding hydrogens is 294 g/mol. The van der Waals surface area contributed by atoms with Crippen LogP contribution in [-0.2, 0) is 0 Å². The second-order valence-corrected chi connectivity index (χ2v) is 6.07. The van der Waals surface area contributed by atoms with Crippen molar-refractivity contribution in [2.24, 2.45) is 0 Å². The predicted molar refractivity (Wildman–Crippen MR) is 82.8 cm³/mol. The maximum Gasteiger partial charge on any atom is 0.0318 e. The number of thioether (sulfide) groups is 1. The zero-order chi connectivity index (χ0) is 12.5. The molecule has 3 heteroatoms. The summed E-state index contributed by atoms with van der Waals surface area (Å²) in [6, 6.07) is 9.09. The van der Waals surface area contributed by atoms with E-state index in [4.69, 9.17) is 0 Å². The fourth-order valence-electron chi connectivity index (χ4n) is 1.87. The summed E-state index contributed by atoms with van der Waals surface area (Å²) in [5, 5.41) is 3.64. The molecule has 0 saturated heterocycles. The molecule has 1 N–H and O–H groups in total. The van der Waals surface area contributed by atoms with Gasteiger partial charge >= 0.3 is 0 Å². The zero-order valence-electron chi connectivity index (χ0n) is 10.7. The topological polar surface area (TPSA) is 12.0 Å². The van der Waals surface area contributed by atoms with Crippen LogP contribution in [0.15, 0.2) is 28.7 Å². The molecule has 1 aromatic carbocycles. The van der Waals surface area contributed by atoms with Gasteiger partial charge in [-0.25, -0.2) is 0 Å². The number of hydrogen-bond donors (Lipinski definition) is 1. The van der Waals surface area contributed by atoms with E-state index in [0.29, 0.717) is 6.04 Å². The van der Waals surface area contributed by atoms with E-state index in [1.165, 1.54) is 24.2 Å². The van der Waals surface area contributed by atoms with Gasteiger partial charge < -0.3 is 5.32 Å². The van der Waals surface area contributed by atoms with Crippen LogP contribution in [0.5, 0.6) is 0 Å². The molecule has 1 nitrogen and oxygen atoms in total. The van der Waals surface area contributed by atoms with Crippen LogP contribution in [0.25, 0.3) is 0 Å². The normalized spacial score (nSPS) is 12.6. The number of benzene rings is 1. The van der Waals surface area contributed by atoms with Crippen LogP contribution in [0.1, 0.15) is 37.8 Å². The van der Waals surface area contributed by atoms with E-state index in [-0.39, 0.29) is 0 Å². The van der Waals surface area contributed by atoms with E-state index in [1.807, 2.05) is 11.8 Å². The zero-order valence-corrected chi connectivity index (χ0v) is 13.1. The molecule has 0 bridgehead atoms. The van der Waals surface area contributed by atoms with E-state index in [1.54, 1.807) is 0 Å². The third-order valence-electron chi connectivity index (χ3n) is 2.83. The van der Waals surface area contributed by atoms with Gasteiger partial charge in [0.2, 0.25) is 0 Å². The summed E-state index contributed by atoms with van der Waals surface area (Å²) < 4.78 is 1.16. The lowest BCUT2D eigenvalue weighted by Crippen LogP contribution is -2.22. The van der Waals surface area contributed by atoms with Gasteiger partial charge in [-0.15, -0.1) is 0 Å². The molecule has 0 radical (unpaired) electrons. The molecule has 0 aliphatic heterocycles. The highest BCUT2D eigenvalue weighted by atomic mass is 79.9. The number of unbranched alkanes of at least 4 members (excludes halogenated alkanes) is 1. The third-order valence-corrected chi connectivity index (χ3v) is 4.02. The molecule has 0 spiro atoms. The van der Waals surface area contributed by atoms with Gasteiger partial charge in [-0.1, -0.05) is 35.0 Å². The van der Waals surface area contributed by atoms with Gasteiger partial charge in [0.05, 0.1) is 0 Å². The van der Waals surface area contributed by atoms with Crippen molar-refractivity contribution in [3.05, 3.63) is 34.3 Å². The fourth-order valence-corrected chi connectivity index (χ4v) is 2.78. The SMILES string of the molecule is CCC(NCCCCSC)c1cccc(Br)c1. The summed E-state index contributed by atoms with van der Waals surface area (Å²) in [5.74, 6) is 1.27. The maximum absolute atomic E-state index is 3.64. The summed E-state index contributed by atoms with van der Waals surface area (Å²) in [6.45, 7) is 3.35. The van der Waals surface area contributed by atoms with Crippen LogP contribution in [0.2, 0.25) is 0 Å². The molecule has 0 heterocycles. The molecule has 0 amide bonds. The fraction of sp³-hybridized carbons (Fsp3) is 0.571. The summed E-state index contributed by atoms with van der Waals surface area (Å²) in [4.78, 5) is 0. The summed E-state index contributed by atoms with van der Waals surface area (Å²) in [6.07, 6.45) is 5.89. The lowest BCUT2D eigenvalue weighted by molar-refractivity contribution is 0.508. The Morgan fingerprint density at radius 3 is 2.82 bits per heavy atom. The number of hydrogen-bond acceptors (Lipinski definition) is 2. The first-order valence-corrected chi connectivity index (χ1v) is 8.44. The van der Waals surface area contributed by atoms with Crippen LogP contribution >= 0.6 is 27.7 Å². The molecule has 0 saturated carbocycles. The Morgan fingerprint density at radius 2 is 2.18 bits per heavy atom. The molecule has 0 aliphatic rings. The second kappa shape index (κ2) is 9.01.